The first-order chi connectivity index (χ1) is 24.8. The van der Waals surface area contributed by atoms with E-state index >= 15 is 0 Å². The summed E-state index contributed by atoms with van der Waals surface area (Å²) >= 11 is 0. The van der Waals surface area contributed by atoms with Crippen LogP contribution in [0.1, 0.15) is 24.0 Å². The van der Waals surface area contributed by atoms with Gasteiger partial charge in [-0.3, -0.25) is 4.99 Å². The van der Waals surface area contributed by atoms with Crippen molar-refractivity contribution in [2.75, 3.05) is 0 Å². The van der Waals surface area contributed by atoms with Crippen molar-refractivity contribution in [2.24, 2.45) is 4.99 Å². The van der Waals surface area contributed by atoms with E-state index in [1.54, 1.807) is 18.5 Å². The molecule has 0 saturated carbocycles. The number of aromatic nitrogens is 2. The Kier molecular flexibility index (Phi) is 8.61. The highest BCUT2D eigenvalue weighted by Gasteiger charge is 2.18. The summed E-state index contributed by atoms with van der Waals surface area (Å²) in [5.41, 5.74) is 11.0. The van der Waals surface area contributed by atoms with Crippen molar-refractivity contribution in [3.8, 4) is 45.0 Å². The first kappa shape index (κ1) is 30.9. The second-order valence-electron chi connectivity index (χ2n) is 12.4. The lowest BCUT2D eigenvalue weighted by Gasteiger charge is -2.20. The van der Waals surface area contributed by atoms with E-state index < -0.39 is 0 Å². The molecule has 1 aliphatic rings. The van der Waals surface area contributed by atoms with Gasteiger partial charge < -0.3 is 0 Å². The number of hydrogen-bond acceptors (Lipinski definition) is 3. The molecule has 50 heavy (non-hydrogen) atoms. The molecule has 6 aromatic carbocycles. The number of benzene rings is 6. The molecule has 3 nitrogen and oxygen atoms in total. The smallest absolute Gasteiger partial charge is 0.160 e. The van der Waals surface area contributed by atoms with E-state index in [-0.39, 0.29) is 0 Å². The number of hydrogen-bond donors (Lipinski definition) is 0. The molecule has 8 rings (SSSR count). The number of rotatable bonds is 8. The maximum absolute atomic E-state index is 5.13. The van der Waals surface area contributed by atoms with E-state index in [2.05, 4.69) is 139 Å². The fraction of sp³-hybridized carbons (Fsp3) is 0.0426. The number of allylic oxidation sites excluding steroid dienone is 5. The minimum atomic E-state index is 0.687. The molecule has 7 aromatic rings. The third-order valence-corrected chi connectivity index (χ3v) is 9.22. The maximum Gasteiger partial charge on any atom is 0.160 e. The summed E-state index contributed by atoms with van der Waals surface area (Å²) in [6.07, 6.45) is 15.9. The number of aliphatic imine (C=N–C) groups is 1. The summed E-state index contributed by atoms with van der Waals surface area (Å²) in [6.45, 7) is 3.69. The molecule has 0 fully saturated rings. The molecule has 0 aliphatic heterocycles. The van der Waals surface area contributed by atoms with Crippen LogP contribution in [-0.4, -0.2) is 16.2 Å². The molecule has 1 aromatic heterocycles. The summed E-state index contributed by atoms with van der Waals surface area (Å²) < 4.78 is 0. The zero-order valence-corrected chi connectivity index (χ0v) is 27.7. The molecule has 0 N–H and O–H groups in total. The van der Waals surface area contributed by atoms with Crippen LogP contribution < -0.4 is 0 Å². The molecule has 0 unspecified atom stereocenters. The van der Waals surface area contributed by atoms with Crippen molar-refractivity contribution >= 4 is 39.4 Å². The summed E-state index contributed by atoms with van der Waals surface area (Å²) in [5.74, 6) is 0.687. The molecule has 1 heterocycles. The second kappa shape index (κ2) is 14.0. The van der Waals surface area contributed by atoms with Crippen LogP contribution in [0.25, 0.3) is 78.2 Å². The third-order valence-electron chi connectivity index (χ3n) is 9.22. The molecular formula is C47H35N3. The zero-order chi connectivity index (χ0) is 33.7. The third kappa shape index (κ3) is 6.13. The Balaban J connectivity index is 1.24. The van der Waals surface area contributed by atoms with Crippen molar-refractivity contribution in [1.29, 1.82) is 0 Å². The minimum Gasteiger partial charge on any atom is -0.265 e. The van der Waals surface area contributed by atoms with Gasteiger partial charge in [0.05, 0.1) is 11.4 Å². The quantitative estimate of drug-likeness (QED) is 0.122. The van der Waals surface area contributed by atoms with Gasteiger partial charge in [-0.1, -0.05) is 152 Å². The molecular weight excluding hydrogens is 607 g/mol. The molecule has 0 spiro atoms. The largest absolute Gasteiger partial charge is 0.265 e. The molecule has 3 heteroatoms. The number of fused-ring (bicyclic) bond motifs is 2. The lowest BCUT2D eigenvalue weighted by Crippen LogP contribution is -1.97. The van der Waals surface area contributed by atoms with Crippen LogP contribution in [0.4, 0.5) is 0 Å². The van der Waals surface area contributed by atoms with Crippen molar-refractivity contribution in [3.05, 3.63) is 182 Å². The maximum atomic E-state index is 5.13. The molecule has 238 valence electrons. The minimum absolute atomic E-state index is 0.687. The van der Waals surface area contributed by atoms with E-state index in [0.29, 0.717) is 5.82 Å². The van der Waals surface area contributed by atoms with E-state index in [1.165, 1.54) is 43.8 Å². The monoisotopic (exact) mass is 641 g/mol. The molecule has 0 amide bonds. The number of nitrogens with zero attached hydrogens (tertiary/aromatic N) is 3. The van der Waals surface area contributed by atoms with Gasteiger partial charge >= 0.3 is 0 Å². The fourth-order valence-corrected chi connectivity index (χ4v) is 6.90. The summed E-state index contributed by atoms with van der Waals surface area (Å²) in [5, 5.41) is 5.11. The molecule has 0 radical (unpaired) electrons. The Morgan fingerprint density at radius 2 is 1.20 bits per heavy atom. The van der Waals surface area contributed by atoms with Crippen molar-refractivity contribution in [3.63, 3.8) is 0 Å². The lowest BCUT2D eigenvalue weighted by molar-refractivity contribution is 1.06. The van der Waals surface area contributed by atoms with Gasteiger partial charge in [-0.2, -0.15) is 0 Å². The van der Waals surface area contributed by atoms with Crippen molar-refractivity contribution < 1.29 is 0 Å². The summed E-state index contributed by atoms with van der Waals surface area (Å²) in [7, 11) is 0. The van der Waals surface area contributed by atoms with Gasteiger partial charge in [-0.25, -0.2) is 9.97 Å². The Labute approximate surface area is 293 Å². The van der Waals surface area contributed by atoms with E-state index in [0.717, 1.165) is 46.5 Å². The Morgan fingerprint density at radius 3 is 1.86 bits per heavy atom. The molecule has 0 bridgehead atoms. The van der Waals surface area contributed by atoms with Gasteiger partial charge in [-0.05, 0) is 80.4 Å². The van der Waals surface area contributed by atoms with Crippen LogP contribution in [0.15, 0.2) is 176 Å². The standard InChI is InChI=1S/C47H35N3/c1-2-29-48-30-28-33-14-13-19-38(31-33)44-32-43(34-15-5-3-6-16-34)49-47(50-44)37-26-24-36(25-27-37)46-41-22-11-9-20-39(41)45(35-17-7-4-8-18-35)40-21-10-12-23-42(40)46/h2-7,9-17,19-32H,1,8,18H2/b30-28+,48-29-. The van der Waals surface area contributed by atoms with Gasteiger partial charge in [-0.15, -0.1) is 0 Å². The molecule has 0 saturated heterocycles. The van der Waals surface area contributed by atoms with Gasteiger partial charge in [0.25, 0.3) is 0 Å². The van der Waals surface area contributed by atoms with Crippen LogP contribution in [-0.2, 0) is 0 Å². The zero-order valence-electron chi connectivity index (χ0n) is 27.7. The lowest BCUT2D eigenvalue weighted by atomic mass is 9.84. The average Bonchev–Trinajstić information content (AvgIpc) is 3.19. The highest BCUT2D eigenvalue weighted by Crippen LogP contribution is 2.43. The van der Waals surface area contributed by atoms with Crippen LogP contribution in [0, 0.1) is 0 Å². The van der Waals surface area contributed by atoms with E-state index in [4.69, 9.17) is 9.97 Å². The summed E-state index contributed by atoms with van der Waals surface area (Å²) in [4.78, 5) is 14.4. The van der Waals surface area contributed by atoms with Crippen LogP contribution >= 0.6 is 0 Å². The van der Waals surface area contributed by atoms with Gasteiger partial charge in [0.1, 0.15) is 0 Å². The van der Waals surface area contributed by atoms with E-state index in [9.17, 15) is 0 Å². The second-order valence-corrected chi connectivity index (χ2v) is 12.4. The Bertz CT molecular complexity index is 2430. The molecule has 0 atom stereocenters. The van der Waals surface area contributed by atoms with Crippen molar-refractivity contribution in [1.82, 2.24) is 9.97 Å². The normalized spacial score (nSPS) is 13.0. The molecule has 1 aliphatic carbocycles. The SMILES string of the molecule is C=C/C=N\C=C\c1cccc(-c2cc(-c3ccccc3)nc(-c3ccc(-c4c5ccccc5c(C5=CC=CCC5)c5ccccc45)cc3)n2)c1. The summed E-state index contributed by atoms with van der Waals surface area (Å²) in [6, 6.07) is 47.2. The highest BCUT2D eigenvalue weighted by molar-refractivity contribution is 6.18. The van der Waals surface area contributed by atoms with Gasteiger partial charge in [0.15, 0.2) is 5.82 Å². The van der Waals surface area contributed by atoms with Crippen LogP contribution in [0.3, 0.4) is 0 Å². The first-order valence-electron chi connectivity index (χ1n) is 17.0. The average molecular weight is 642 g/mol. The van der Waals surface area contributed by atoms with E-state index in [1.807, 2.05) is 30.3 Å². The van der Waals surface area contributed by atoms with Gasteiger partial charge in [0.2, 0.25) is 0 Å². The topological polar surface area (TPSA) is 38.1 Å². The highest BCUT2D eigenvalue weighted by atomic mass is 14.9. The first-order valence-corrected chi connectivity index (χ1v) is 17.0. The predicted octanol–water partition coefficient (Wildman–Crippen LogP) is 12.4. The van der Waals surface area contributed by atoms with Crippen LogP contribution in [0.5, 0.6) is 0 Å². The predicted molar refractivity (Wildman–Crippen MR) is 213 cm³/mol. The Hall–Kier alpha value is -6.45. The Morgan fingerprint density at radius 1 is 0.580 bits per heavy atom. The fourth-order valence-electron chi connectivity index (χ4n) is 6.90. The van der Waals surface area contributed by atoms with Crippen LogP contribution in [0.2, 0.25) is 0 Å². The van der Waals surface area contributed by atoms with Crippen molar-refractivity contribution in [2.45, 2.75) is 12.8 Å². The van der Waals surface area contributed by atoms with Gasteiger partial charge in [0, 0.05) is 29.1 Å².